The molecule has 0 aliphatic rings. The van der Waals surface area contributed by atoms with Crippen molar-refractivity contribution < 1.29 is 19.1 Å². The Hall–Kier alpha value is -4.08. The van der Waals surface area contributed by atoms with E-state index in [4.69, 9.17) is 25.7 Å². The van der Waals surface area contributed by atoms with Gasteiger partial charge in [-0.3, -0.25) is 10.1 Å². The molecule has 1 heterocycles. The Morgan fingerprint density at radius 3 is 2.20 bits per heavy atom. The third-order valence-corrected chi connectivity index (χ3v) is 4.36. The lowest BCUT2D eigenvalue weighted by atomic mass is 10.1. The average Bonchev–Trinajstić information content (AvgIpc) is 2.74. The van der Waals surface area contributed by atoms with Gasteiger partial charge in [-0.05, 0) is 35.4 Å². The number of aromatic nitrogens is 2. The number of non-ortho nitro benzene ring substituents is 1. The van der Waals surface area contributed by atoms with Crippen molar-refractivity contribution in [3.05, 3.63) is 69.4 Å². The van der Waals surface area contributed by atoms with Crippen molar-refractivity contribution >= 4 is 17.5 Å². The van der Waals surface area contributed by atoms with Crippen LogP contribution < -0.4 is 25.7 Å². The maximum absolute atomic E-state index is 10.8. The molecule has 0 saturated carbocycles. The van der Waals surface area contributed by atoms with E-state index < -0.39 is 4.92 Å². The van der Waals surface area contributed by atoms with Crippen LogP contribution in [0.1, 0.15) is 16.7 Å². The fraction of sp³-hybridized carbons (Fsp3) is 0.200. The third-order valence-electron chi connectivity index (χ3n) is 4.36. The van der Waals surface area contributed by atoms with Gasteiger partial charge in [-0.15, -0.1) is 0 Å². The molecular weight excluding hydrogens is 390 g/mol. The number of anilines is 2. The molecule has 30 heavy (non-hydrogen) atoms. The molecule has 3 rings (SSSR count). The van der Waals surface area contributed by atoms with E-state index >= 15 is 0 Å². The molecule has 0 aliphatic carbocycles. The Labute approximate surface area is 172 Å². The van der Waals surface area contributed by atoms with Crippen LogP contribution in [-0.4, -0.2) is 29.1 Å². The lowest BCUT2D eigenvalue weighted by Crippen LogP contribution is -2.05. The molecule has 10 nitrogen and oxygen atoms in total. The van der Waals surface area contributed by atoms with Crippen molar-refractivity contribution in [1.29, 1.82) is 0 Å². The normalized spacial score (nSPS) is 10.5. The number of nitrogen functional groups attached to an aromatic ring is 2. The molecular formula is C20H21N5O5. The van der Waals surface area contributed by atoms with E-state index in [1.54, 1.807) is 18.3 Å². The largest absolute Gasteiger partial charge is 0.493 e. The molecule has 0 amide bonds. The van der Waals surface area contributed by atoms with Crippen molar-refractivity contribution in [3.63, 3.8) is 0 Å². The van der Waals surface area contributed by atoms with E-state index in [0.717, 1.165) is 11.1 Å². The second kappa shape index (κ2) is 8.95. The van der Waals surface area contributed by atoms with Crippen LogP contribution in [0.3, 0.4) is 0 Å². The SMILES string of the molecule is COc1cc(Cc2cnc(N)nc2N)cc(OC)c1OCc1ccc([N+](=O)[O-])cc1. The average molecular weight is 411 g/mol. The number of nitrogens with zero attached hydrogens (tertiary/aromatic N) is 3. The number of hydrogen-bond acceptors (Lipinski definition) is 9. The van der Waals surface area contributed by atoms with Gasteiger partial charge in [-0.25, -0.2) is 4.98 Å². The molecule has 4 N–H and O–H groups in total. The molecule has 3 aromatic rings. The van der Waals surface area contributed by atoms with Crippen LogP contribution in [0.25, 0.3) is 0 Å². The van der Waals surface area contributed by atoms with Crippen molar-refractivity contribution in [2.24, 2.45) is 0 Å². The van der Waals surface area contributed by atoms with Gasteiger partial charge < -0.3 is 25.7 Å². The predicted molar refractivity (Wildman–Crippen MR) is 111 cm³/mol. The van der Waals surface area contributed by atoms with E-state index in [-0.39, 0.29) is 18.2 Å². The molecule has 0 unspecified atom stereocenters. The van der Waals surface area contributed by atoms with E-state index in [1.165, 1.54) is 26.4 Å². The molecule has 0 fully saturated rings. The second-order valence-electron chi connectivity index (χ2n) is 6.36. The summed E-state index contributed by atoms with van der Waals surface area (Å²) in [5.74, 6) is 1.78. The van der Waals surface area contributed by atoms with Crippen LogP contribution in [0.2, 0.25) is 0 Å². The van der Waals surface area contributed by atoms with Crippen LogP contribution in [0.15, 0.2) is 42.6 Å². The fourth-order valence-corrected chi connectivity index (χ4v) is 2.84. The van der Waals surface area contributed by atoms with E-state index in [0.29, 0.717) is 35.1 Å². The first-order valence-corrected chi connectivity index (χ1v) is 8.89. The molecule has 0 atom stereocenters. The molecule has 0 saturated heterocycles. The fourth-order valence-electron chi connectivity index (χ4n) is 2.84. The lowest BCUT2D eigenvalue weighted by molar-refractivity contribution is -0.384. The Morgan fingerprint density at radius 1 is 1.03 bits per heavy atom. The zero-order valence-corrected chi connectivity index (χ0v) is 16.5. The van der Waals surface area contributed by atoms with Gasteiger partial charge in [0.1, 0.15) is 12.4 Å². The van der Waals surface area contributed by atoms with Crippen LogP contribution >= 0.6 is 0 Å². The van der Waals surface area contributed by atoms with Gasteiger partial charge in [0.25, 0.3) is 5.69 Å². The smallest absolute Gasteiger partial charge is 0.269 e. The first kappa shape index (κ1) is 20.6. The molecule has 1 aromatic heterocycles. The van der Waals surface area contributed by atoms with Crippen molar-refractivity contribution in [3.8, 4) is 17.2 Å². The van der Waals surface area contributed by atoms with Crippen molar-refractivity contribution in [2.75, 3.05) is 25.7 Å². The highest BCUT2D eigenvalue weighted by atomic mass is 16.6. The highest BCUT2D eigenvalue weighted by Gasteiger charge is 2.16. The Bertz CT molecular complexity index is 1030. The second-order valence-corrected chi connectivity index (χ2v) is 6.36. The molecule has 0 spiro atoms. The van der Waals surface area contributed by atoms with Gasteiger partial charge in [0.05, 0.1) is 19.1 Å². The molecule has 2 aromatic carbocycles. The number of nitro groups is 1. The molecule has 10 heteroatoms. The molecule has 0 aliphatic heterocycles. The Balaban J connectivity index is 1.83. The summed E-state index contributed by atoms with van der Waals surface area (Å²) in [7, 11) is 3.05. The van der Waals surface area contributed by atoms with Crippen molar-refractivity contribution in [2.45, 2.75) is 13.0 Å². The van der Waals surface area contributed by atoms with Crippen LogP contribution in [-0.2, 0) is 13.0 Å². The lowest BCUT2D eigenvalue weighted by Gasteiger charge is -2.16. The molecule has 156 valence electrons. The van der Waals surface area contributed by atoms with E-state index in [2.05, 4.69) is 9.97 Å². The van der Waals surface area contributed by atoms with Crippen molar-refractivity contribution in [1.82, 2.24) is 9.97 Å². The zero-order valence-electron chi connectivity index (χ0n) is 16.5. The topological polar surface area (TPSA) is 149 Å². The van der Waals surface area contributed by atoms with Gasteiger partial charge in [-0.1, -0.05) is 0 Å². The number of hydrogen-bond donors (Lipinski definition) is 2. The summed E-state index contributed by atoms with van der Waals surface area (Å²) in [5.41, 5.74) is 13.8. The zero-order chi connectivity index (χ0) is 21.7. The summed E-state index contributed by atoms with van der Waals surface area (Å²) >= 11 is 0. The van der Waals surface area contributed by atoms with Gasteiger partial charge in [0.15, 0.2) is 11.5 Å². The highest BCUT2D eigenvalue weighted by molar-refractivity contribution is 5.55. The summed E-state index contributed by atoms with van der Waals surface area (Å²) in [6, 6.07) is 9.74. The maximum Gasteiger partial charge on any atom is 0.269 e. The number of nitrogens with two attached hydrogens (primary N) is 2. The summed E-state index contributed by atoms with van der Waals surface area (Å²) in [5, 5.41) is 10.8. The number of ether oxygens (including phenoxy) is 3. The highest BCUT2D eigenvalue weighted by Crippen LogP contribution is 2.39. The molecule has 0 bridgehead atoms. The minimum absolute atomic E-state index is 0.0178. The monoisotopic (exact) mass is 411 g/mol. The standard InChI is InChI=1S/C20H21N5O5/c1-28-16-8-13(7-14-10-23-20(22)24-19(14)21)9-17(29-2)18(16)30-11-12-3-5-15(6-4-12)25(26)27/h3-6,8-10H,7,11H2,1-2H3,(H4,21,22,23,24). The number of rotatable bonds is 8. The minimum atomic E-state index is -0.450. The third kappa shape index (κ3) is 4.66. The van der Waals surface area contributed by atoms with Crippen LogP contribution in [0.5, 0.6) is 17.2 Å². The van der Waals surface area contributed by atoms with Gasteiger partial charge in [-0.2, -0.15) is 4.98 Å². The Kier molecular flexibility index (Phi) is 6.16. The minimum Gasteiger partial charge on any atom is -0.493 e. The first-order chi connectivity index (χ1) is 14.4. The van der Waals surface area contributed by atoms with Crippen LogP contribution in [0, 0.1) is 10.1 Å². The quantitative estimate of drug-likeness (QED) is 0.421. The van der Waals surface area contributed by atoms with Gasteiger partial charge >= 0.3 is 0 Å². The molecule has 0 radical (unpaired) electrons. The number of nitro benzene ring substituents is 1. The van der Waals surface area contributed by atoms with E-state index in [1.807, 2.05) is 12.1 Å². The summed E-state index contributed by atoms with van der Waals surface area (Å²) in [6.07, 6.45) is 2.02. The number of methoxy groups -OCH3 is 2. The van der Waals surface area contributed by atoms with Gasteiger partial charge in [0.2, 0.25) is 11.7 Å². The van der Waals surface area contributed by atoms with Gasteiger partial charge in [0, 0.05) is 30.3 Å². The van der Waals surface area contributed by atoms with E-state index in [9.17, 15) is 10.1 Å². The number of benzene rings is 2. The Morgan fingerprint density at radius 2 is 1.67 bits per heavy atom. The summed E-state index contributed by atoms with van der Waals surface area (Å²) in [6.45, 7) is 0.183. The van der Waals surface area contributed by atoms with Crippen LogP contribution in [0.4, 0.5) is 17.5 Å². The predicted octanol–water partition coefficient (Wildman–Crippen LogP) is 2.74. The summed E-state index contributed by atoms with van der Waals surface area (Å²) < 4.78 is 16.9. The maximum atomic E-state index is 10.8. The summed E-state index contributed by atoms with van der Waals surface area (Å²) in [4.78, 5) is 18.3. The first-order valence-electron chi connectivity index (χ1n) is 8.89.